The van der Waals surface area contributed by atoms with E-state index in [0.717, 1.165) is 61.3 Å². The van der Waals surface area contributed by atoms with Gasteiger partial charge in [-0.15, -0.1) is 0 Å². The van der Waals surface area contributed by atoms with Crippen LogP contribution < -0.4 is 17.5 Å². The molecule has 0 amide bonds. The molecule has 0 aromatic rings. The van der Waals surface area contributed by atoms with Gasteiger partial charge in [0, 0.05) is 11.1 Å². The predicted molar refractivity (Wildman–Crippen MR) is 145 cm³/mol. The highest BCUT2D eigenvalue weighted by molar-refractivity contribution is 5.87. The van der Waals surface area contributed by atoms with Crippen molar-refractivity contribution >= 4 is 17.9 Å². The molecule has 0 saturated carbocycles. The van der Waals surface area contributed by atoms with Crippen LogP contribution in [0.5, 0.6) is 0 Å². The summed E-state index contributed by atoms with van der Waals surface area (Å²) < 4.78 is 12.2. The summed E-state index contributed by atoms with van der Waals surface area (Å²) >= 11 is 0. The molecule has 0 aliphatic heterocycles. The van der Waals surface area contributed by atoms with Crippen LogP contribution >= 0.6 is 0 Å². The summed E-state index contributed by atoms with van der Waals surface area (Å²) in [6.45, 7) is 37.2. The fourth-order valence-corrected chi connectivity index (χ4v) is 3.20. The van der Waals surface area contributed by atoms with Crippen LogP contribution in [0.3, 0.4) is 0 Å². The minimum absolute atomic E-state index is 0. The van der Waals surface area contributed by atoms with Crippen molar-refractivity contribution in [1.29, 1.82) is 0 Å². The van der Waals surface area contributed by atoms with Crippen LogP contribution in [-0.4, -0.2) is 92.4 Å². The minimum atomic E-state index is -1.19. The number of halogens is 1. The average Bonchev–Trinajstić information content (AvgIpc) is 2.85. The van der Waals surface area contributed by atoms with Crippen molar-refractivity contribution in [2.75, 3.05) is 65.6 Å². The number of carboxylic acid groups (broad SMARTS) is 1. The molecule has 0 bridgehead atoms. The first-order chi connectivity index (χ1) is 16.7. The Balaban J connectivity index is -0.000000237. The smallest absolute Gasteiger partial charge is 0.333 e. The maximum atomic E-state index is 11.2. The van der Waals surface area contributed by atoms with Gasteiger partial charge in [0.15, 0.2) is 0 Å². The molecular formula is C28H53ClN2O6. The lowest BCUT2D eigenvalue weighted by atomic mass is 10.3. The van der Waals surface area contributed by atoms with Gasteiger partial charge in [0.2, 0.25) is 0 Å². The second-order valence-corrected chi connectivity index (χ2v) is 8.93. The lowest BCUT2D eigenvalue weighted by molar-refractivity contribution is -0.923. The van der Waals surface area contributed by atoms with Gasteiger partial charge in [-0.25, -0.2) is 9.59 Å². The number of hydrogen-bond acceptors (Lipinski definition) is 6. The Bertz CT molecular complexity index is 637. The Hall–Kier alpha value is -2.16. The van der Waals surface area contributed by atoms with E-state index in [-0.39, 0.29) is 29.9 Å². The number of carbonyl (C=O) groups is 3. The van der Waals surface area contributed by atoms with E-state index < -0.39 is 5.97 Å². The standard InChI is InChI=1S/2C12H24NO2.C4H6O2.ClH/c2*1-6-13(7-2,8-3)9-10-15-12(14)11(4)5;1-3(2)4(5)6;/h2*4,6-10H2,1-3,5H3;1H2,2H3,(H,5,6);1H/q2*+1;;/p-2. The molecule has 0 radical (unpaired) electrons. The normalized spacial score (nSPS) is 10.3. The van der Waals surface area contributed by atoms with Crippen molar-refractivity contribution in [1.82, 2.24) is 0 Å². The monoisotopic (exact) mass is 548 g/mol. The minimum Gasteiger partial charge on any atom is -1.00 e. The van der Waals surface area contributed by atoms with Gasteiger partial charge in [0.1, 0.15) is 26.3 Å². The summed E-state index contributed by atoms with van der Waals surface area (Å²) in [6.07, 6.45) is 0. The zero-order chi connectivity index (χ0) is 28.9. The number of rotatable bonds is 15. The first-order valence-corrected chi connectivity index (χ1v) is 12.9. The lowest BCUT2D eigenvalue weighted by Gasteiger charge is -2.35. The molecular weight excluding hydrogens is 496 g/mol. The van der Waals surface area contributed by atoms with Crippen LogP contribution in [0, 0.1) is 0 Å². The predicted octanol–water partition coefficient (Wildman–Crippen LogP) is 0.281. The van der Waals surface area contributed by atoms with E-state index in [9.17, 15) is 19.5 Å². The molecule has 0 fully saturated rings. The van der Waals surface area contributed by atoms with E-state index in [1.165, 1.54) is 6.92 Å². The van der Waals surface area contributed by atoms with E-state index in [0.29, 0.717) is 24.4 Å². The molecule has 0 aliphatic rings. The topological polar surface area (TPSA) is 92.7 Å². The van der Waals surface area contributed by atoms with Gasteiger partial charge in [-0.2, -0.15) is 0 Å². The molecule has 0 atom stereocenters. The molecule has 9 heteroatoms. The van der Waals surface area contributed by atoms with Crippen molar-refractivity contribution in [3.63, 3.8) is 0 Å². The highest BCUT2D eigenvalue weighted by Crippen LogP contribution is 2.06. The van der Waals surface area contributed by atoms with Crippen molar-refractivity contribution < 1.29 is 50.3 Å². The molecule has 0 spiro atoms. The molecule has 0 N–H and O–H groups in total. The summed E-state index contributed by atoms with van der Waals surface area (Å²) in [5.41, 5.74) is 1.00. The Morgan fingerprint density at radius 1 is 0.595 bits per heavy atom. The molecule has 218 valence electrons. The number of nitrogens with zero attached hydrogens (tertiary/aromatic N) is 2. The molecule has 0 aliphatic carbocycles. The third kappa shape index (κ3) is 19.6. The van der Waals surface area contributed by atoms with Crippen LogP contribution in [0.1, 0.15) is 62.3 Å². The number of quaternary nitrogens is 2. The number of carboxylic acids is 1. The Morgan fingerprint density at radius 3 is 0.946 bits per heavy atom. The van der Waals surface area contributed by atoms with Crippen LogP contribution in [0.4, 0.5) is 0 Å². The number of aliphatic carboxylic acids is 1. The molecule has 0 unspecified atom stereocenters. The van der Waals surface area contributed by atoms with E-state index in [4.69, 9.17) is 9.47 Å². The highest BCUT2D eigenvalue weighted by atomic mass is 35.5. The van der Waals surface area contributed by atoms with Crippen LogP contribution in [0.2, 0.25) is 0 Å². The van der Waals surface area contributed by atoms with Gasteiger partial charge in [-0.3, -0.25) is 0 Å². The zero-order valence-corrected chi connectivity index (χ0v) is 25.7. The first kappa shape index (κ1) is 41.9. The average molecular weight is 549 g/mol. The van der Waals surface area contributed by atoms with E-state index in [2.05, 4.69) is 61.3 Å². The van der Waals surface area contributed by atoms with Crippen LogP contribution in [0.15, 0.2) is 36.5 Å². The second-order valence-electron chi connectivity index (χ2n) is 8.93. The number of hydrogen-bond donors (Lipinski definition) is 0. The number of ether oxygens (including phenoxy) is 2. The van der Waals surface area contributed by atoms with Crippen molar-refractivity contribution in [3.8, 4) is 0 Å². The van der Waals surface area contributed by atoms with Crippen molar-refractivity contribution in [2.24, 2.45) is 0 Å². The van der Waals surface area contributed by atoms with E-state index in [1.807, 2.05) is 0 Å². The number of likely N-dealkylation sites (N-methyl/N-ethyl adjacent to an activating group) is 2. The maximum absolute atomic E-state index is 11.2. The molecule has 0 aromatic carbocycles. The van der Waals surface area contributed by atoms with Gasteiger partial charge in [-0.05, 0) is 67.9 Å². The quantitative estimate of drug-likeness (QED) is 0.166. The Morgan fingerprint density at radius 2 is 0.811 bits per heavy atom. The van der Waals surface area contributed by atoms with Crippen LogP contribution in [-0.2, 0) is 23.9 Å². The fraction of sp³-hybridized carbons (Fsp3) is 0.679. The fourth-order valence-electron chi connectivity index (χ4n) is 3.20. The lowest BCUT2D eigenvalue weighted by Crippen LogP contribution is -3.00. The summed E-state index contributed by atoms with van der Waals surface area (Å²) in [5, 5.41) is 9.49. The maximum Gasteiger partial charge on any atom is 0.333 e. The SMILES string of the molecule is C=C(C)C(=O)OCC[N+](CC)(CC)CC.C=C(C)C(=O)OCC[N+](CC)(CC)CC.C=C(C)C(=O)[O-].[Cl-]. The largest absolute Gasteiger partial charge is 1.00 e. The third-order valence-electron chi connectivity index (χ3n) is 6.67. The van der Waals surface area contributed by atoms with Crippen molar-refractivity contribution in [2.45, 2.75) is 62.3 Å². The summed E-state index contributed by atoms with van der Waals surface area (Å²) in [4.78, 5) is 31.8. The van der Waals surface area contributed by atoms with Crippen molar-refractivity contribution in [3.05, 3.63) is 36.5 Å². The van der Waals surface area contributed by atoms with Gasteiger partial charge >= 0.3 is 11.9 Å². The molecule has 0 saturated heterocycles. The van der Waals surface area contributed by atoms with Gasteiger partial charge in [0.05, 0.1) is 45.2 Å². The molecule has 0 rings (SSSR count). The molecule has 37 heavy (non-hydrogen) atoms. The molecule has 0 heterocycles. The Kier molecular flexibility index (Phi) is 26.1. The highest BCUT2D eigenvalue weighted by Gasteiger charge is 2.21. The first-order valence-electron chi connectivity index (χ1n) is 12.9. The van der Waals surface area contributed by atoms with E-state index in [1.54, 1.807) is 13.8 Å². The van der Waals surface area contributed by atoms with Gasteiger partial charge in [-0.1, -0.05) is 19.7 Å². The zero-order valence-electron chi connectivity index (χ0n) is 24.9. The summed E-state index contributed by atoms with van der Waals surface area (Å²) in [7, 11) is 0. The molecule has 8 nitrogen and oxygen atoms in total. The number of esters is 2. The van der Waals surface area contributed by atoms with Gasteiger partial charge < -0.3 is 40.7 Å². The third-order valence-corrected chi connectivity index (χ3v) is 6.67. The number of carbonyl (C=O) groups excluding carboxylic acids is 3. The van der Waals surface area contributed by atoms with E-state index >= 15 is 0 Å². The van der Waals surface area contributed by atoms with Gasteiger partial charge in [0.25, 0.3) is 0 Å². The Labute approximate surface area is 232 Å². The summed E-state index contributed by atoms with van der Waals surface area (Å²) in [6, 6.07) is 0. The second kappa shape index (κ2) is 23.0. The summed E-state index contributed by atoms with van der Waals surface area (Å²) in [5.74, 6) is -1.75. The van der Waals surface area contributed by atoms with Crippen LogP contribution in [0.25, 0.3) is 0 Å². The molecule has 0 aromatic heterocycles.